The number of benzene rings is 1. The third-order valence-electron chi connectivity index (χ3n) is 5.26. The van der Waals surface area contributed by atoms with Crippen LogP contribution >= 0.6 is 0 Å². The van der Waals surface area contributed by atoms with Crippen molar-refractivity contribution in [2.45, 2.75) is 6.42 Å². The summed E-state index contributed by atoms with van der Waals surface area (Å²) < 4.78 is 3.72. The van der Waals surface area contributed by atoms with Gasteiger partial charge < -0.3 is 9.72 Å². The topological polar surface area (TPSA) is 64.2 Å². The molecule has 1 N–H and O–H groups in total. The number of nitrogens with one attached hydrogen (secondary N) is 1. The Balaban J connectivity index is 1.41. The fourth-order valence-electron chi connectivity index (χ4n) is 3.68. The average Bonchev–Trinajstić information content (AvgIpc) is 3.47. The smallest absolute Gasteiger partial charge is 0.270 e. The van der Waals surface area contributed by atoms with Gasteiger partial charge in [-0.05, 0) is 47.9 Å². The van der Waals surface area contributed by atoms with Gasteiger partial charge in [0, 0.05) is 36.2 Å². The summed E-state index contributed by atoms with van der Waals surface area (Å²) >= 11 is 0. The Morgan fingerprint density at radius 3 is 2.58 bits per heavy atom. The largest absolute Gasteiger partial charge is 0.350 e. The lowest BCUT2D eigenvalue weighted by Crippen LogP contribution is -2.28. The lowest BCUT2D eigenvalue weighted by molar-refractivity contribution is 0.0946. The number of pyridine rings is 2. The minimum Gasteiger partial charge on any atom is -0.350 e. The molecule has 0 unspecified atom stereocenters. The molecule has 6 heteroatoms. The van der Waals surface area contributed by atoms with Crippen molar-refractivity contribution in [3.8, 4) is 16.9 Å². The van der Waals surface area contributed by atoms with E-state index in [0.29, 0.717) is 12.2 Å². The molecule has 0 fully saturated rings. The van der Waals surface area contributed by atoms with Crippen LogP contribution in [0.25, 0.3) is 22.5 Å². The third kappa shape index (κ3) is 3.83. The van der Waals surface area contributed by atoms with Gasteiger partial charge in [0.05, 0.1) is 6.20 Å². The molecule has 6 nitrogen and oxygen atoms in total. The molecule has 0 aliphatic heterocycles. The number of rotatable bonds is 6. The van der Waals surface area contributed by atoms with E-state index in [1.54, 1.807) is 23.1 Å². The van der Waals surface area contributed by atoms with Crippen LogP contribution in [0.5, 0.6) is 0 Å². The Bertz CT molecular complexity index is 1320. The van der Waals surface area contributed by atoms with Crippen molar-refractivity contribution in [1.82, 2.24) is 24.5 Å². The normalized spacial score (nSPS) is 11.0. The van der Waals surface area contributed by atoms with E-state index < -0.39 is 0 Å². The van der Waals surface area contributed by atoms with Crippen LogP contribution < -0.4 is 5.32 Å². The molecule has 31 heavy (non-hydrogen) atoms. The van der Waals surface area contributed by atoms with Crippen molar-refractivity contribution in [1.29, 1.82) is 0 Å². The van der Waals surface area contributed by atoms with Crippen LogP contribution in [0.1, 0.15) is 16.1 Å². The minimum absolute atomic E-state index is 0.146. The van der Waals surface area contributed by atoms with E-state index in [0.717, 1.165) is 28.9 Å². The molecule has 1 amide bonds. The van der Waals surface area contributed by atoms with Crippen molar-refractivity contribution >= 4 is 11.4 Å². The van der Waals surface area contributed by atoms with Crippen LogP contribution in [0.15, 0.2) is 97.6 Å². The maximum Gasteiger partial charge on any atom is 0.270 e. The van der Waals surface area contributed by atoms with Gasteiger partial charge in [0.25, 0.3) is 5.91 Å². The van der Waals surface area contributed by atoms with Gasteiger partial charge in [0.1, 0.15) is 11.5 Å². The zero-order chi connectivity index (χ0) is 21.0. The number of nitrogens with zero attached hydrogens (tertiary/aromatic N) is 4. The molecule has 4 heterocycles. The molecule has 0 aliphatic carbocycles. The van der Waals surface area contributed by atoms with Crippen LogP contribution in [-0.4, -0.2) is 31.6 Å². The van der Waals surface area contributed by atoms with E-state index in [1.165, 1.54) is 5.56 Å². The van der Waals surface area contributed by atoms with Gasteiger partial charge in [0.2, 0.25) is 0 Å². The molecular formula is C25H21N5O. The molecule has 0 aliphatic rings. The van der Waals surface area contributed by atoms with Gasteiger partial charge in [-0.1, -0.05) is 42.5 Å². The van der Waals surface area contributed by atoms with Gasteiger partial charge in [0.15, 0.2) is 0 Å². The van der Waals surface area contributed by atoms with Crippen LogP contribution in [0.4, 0.5) is 0 Å². The summed E-state index contributed by atoms with van der Waals surface area (Å²) in [7, 11) is 0. The van der Waals surface area contributed by atoms with E-state index in [1.807, 2.05) is 59.3 Å². The first-order valence-corrected chi connectivity index (χ1v) is 10.2. The molecule has 0 saturated carbocycles. The summed E-state index contributed by atoms with van der Waals surface area (Å²) in [5.74, 6) is 0.658. The first kappa shape index (κ1) is 18.8. The highest BCUT2D eigenvalue weighted by Gasteiger charge is 2.15. The highest BCUT2D eigenvalue weighted by molar-refractivity contribution is 5.93. The number of aromatic nitrogens is 4. The molecule has 0 atom stereocenters. The molecule has 0 radical (unpaired) electrons. The van der Waals surface area contributed by atoms with Gasteiger partial charge in [-0.25, -0.2) is 4.68 Å². The molecule has 0 spiro atoms. The van der Waals surface area contributed by atoms with Crippen LogP contribution in [0, 0.1) is 0 Å². The first-order valence-electron chi connectivity index (χ1n) is 10.2. The predicted octanol–water partition coefficient (Wildman–Crippen LogP) is 4.16. The van der Waals surface area contributed by atoms with Crippen LogP contribution in [0.2, 0.25) is 0 Å². The number of carbonyl (C=O) groups excluding carboxylic acids is 1. The number of amides is 1. The van der Waals surface area contributed by atoms with Gasteiger partial charge in [-0.2, -0.15) is 5.10 Å². The molecule has 1 aromatic carbocycles. The summed E-state index contributed by atoms with van der Waals surface area (Å²) in [4.78, 5) is 17.1. The lowest BCUT2D eigenvalue weighted by atomic mass is 10.1. The number of fused-ring (bicyclic) bond motifs is 1. The molecule has 4 aromatic heterocycles. The van der Waals surface area contributed by atoms with Gasteiger partial charge >= 0.3 is 0 Å². The number of hydrogen-bond acceptors (Lipinski definition) is 3. The van der Waals surface area contributed by atoms with Crippen LogP contribution in [-0.2, 0) is 6.42 Å². The molecule has 5 rings (SSSR count). The van der Waals surface area contributed by atoms with Crippen molar-refractivity contribution in [2.24, 2.45) is 0 Å². The van der Waals surface area contributed by atoms with Gasteiger partial charge in [-0.15, -0.1) is 0 Å². The summed E-state index contributed by atoms with van der Waals surface area (Å²) in [6.45, 7) is 0.564. The fraction of sp³-hybridized carbons (Fsp3) is 0.0800. The Morgan fingerprint density at radius 1 is 0.871 bits per heavy atom. The summed E-state index contributed by atoms with van der Waals surface area (Å²) in [6, 6.07) is 23.9. The maximum absolute atomic E-state index is 12.8. The second-order valence-corrected chi connectivity index (χ2v) is 7.27. The van der Waals surface area contributed by atoms with Crippen molar-refractivity contribution in [2.75, 3.05) is 6.54 Å². The maximum atomic E-state index is 12.8. The zero-order valence-corrected chi connectivity index (χ0v) is 16.8. The summed E-state index contributed by atoms with van der Waals surface area (Å²) in [5.41, 5.74) is 4.78. The van der Waals surface area contributed by atoms with E-state index >= 15 is 0 Å². The Kier molecular flexibility index (Phi) is 5.02. The Labute approximate surface area is 179 Å². The van der Waals surface area contributed by atoms with Crippen molar-refractivity contribution in [3.05, 3.63) is 109 Å². The Morgan fingerprint density at radius 2 is 1.74 bits per heavy atom. The molecular weight excluding hydrogens is 386 g/mol. The number of hydrogen-bond donors (Lipinski definition) is 1. The molecule has 0 bridgehead atoms. The van der Waals surface area contributed by atoms with E-state index in [4.69, 9.17) is 0 Å². The average molecular weight is 407 g/mol. The fourth-order valence-corrected chi connectivity index (χ4v) is 3.68. The second-order valence-electron chi connectivity index (χ2n) is 7.27. The second kappa shape index (κ2) is 8.28. The summed E-state index contributed by atoms with van der Waals surface area (Å²) in [6.07, 6.45) is 8.07. The first-order chi connectivity index (χ1) is 15.3. The van der Waals surface area contributed by atoms with E-state index in [9.17, 15) is 4.79 Å². The summed E-state index contributed by atoms with van der Waals surface area (Å²) in [5, 5.41) is 7.43. The number of carbonyl (C=O) groups is 1. The quantitative estimate of drug-likeness (QED) is 0.460. The van der Waals surface area contributed by atoms with Gasteiger partial charge in [-0.3, -0.25) is 9.78 Å². The predicted molar refractivity (Wildman–Crippen MR) is 120 cm³/mol. The molecule has 152 valence electrons. The minimum atomic E-state index is -0.146. The Hall–Kier alpha value is -4.19. The van der Waals surface area contributed by atoms with E-state index in [2.05, 4.69) is 39.7 Å². The van der Waals surface area contributed by atoms with E-state index in [-0.39, 0.29) is 5.91 Å². The molecule has 5 aromatic rings. The lowest BCUT2D eigenvalue weighted by Gasteiger charge is -2.10. The zero-order valence-electron chi connectivity index (χ0n) is 16.8. The monoisotopic (exact) mass is 407 g/mol. The molecule has 0 saturated heterocycles. The third-order valence-corrected chi connectivity index (χ3v) is 5.26. The highest BCUT2D eigenvalue weighted by Crippen LogP contribution is 2.23. The van der Waals surface area contributed by atoms with Crippen molar-refractivity contribution < 1.29 is 4.79 Å². The standard InChI is InChI=1S/C25H21N5O/c31-25(27-15-12-19-5-2-1-3-6-19)23-13-16-28-30(23)24-11-10-22-9-8-21(18-29(22)24)20-7-4-14-26-17-20/h1-11,13-14,16-18H,12,15H2,(H,27,31). The SMILES string of the molecule is O=C(NCCc1ccccc1)c1ccnn1-c1ccc2ccc(-c3cccnc3)cn12. The van der Waals surface area contributed by atoms with Crippen molar-refractivity contribution in [3.63, 3.8) is 0 Å². The highest BCUT2D eigenvalue weighted by atomic mass is 16.2. The van der Waals surface area contributed by atoms with Crippen LogP contribution in [0.3, 0.4) is 0 Å².